The number of piperidine rings is 1. The van der Waals surface area contributed by atoms with Crippen LogP contribution in [0.3, 0.4) is 0 Å². The normalized spacial score (nSPS) is 22.6. The summed E-state index contributed by atoms with van der Waals surface area (Å²) in [7, 11) is 0. The van der Waals surface area contributed by atoms with Crippen molar-refractivity contribution in [2.24, 2.45) is 11.8 Å². The lowest BCUT2D eigenvalue weighted by molar-refractivity contribution is 0.0492. The first-order valence-corrected chi connectivity index (χ1v) is 8.56. The second-order valence-electron chi connectivity index (χ2n) is 7.63. The van der Waals surface area contributed by atoms with E-state index >= 15 is 0 Å². The van der Waals surface area contributed by atoms with Crippen LogP contribution in [0, 0.1) is 11.8 Å². The molecule has 1 amide bonds. The van der Waals surface area contributed by atoms with Gasteiger partial charge in [-0.3, -0.25) is 4.90 Å². The molecule has 1 aromatic carbocycles. The molecule has 2 atom stereocenters. The number of carbonyl (C=O) groups excluding carboxylic acids is 1. The summed E-state index contributed by atoms with van der Waals surface area (Å²) < 4.78 is 5.30. The van der Waals surface area contributed by atoms with Gasteiger partial charge in [-0.1, -0.05) is 37.3 Å². The maximum absolute atomic E-state index is 11.8. The van der Waals surface area contributed by atoms with Crippen molar-refractivity contribution in [2.45, 2.75) is 46.3 Å². The predicted octanol–water partition coefficient (Wildman–Crippen LogP) is 3.67. The zero-order chi connectivity index (χ0) is 16.9. The molecular formula is C19H30N2O2. The van der Waals surface area contributed by atoms with Crippen LogP contribution in [0.25, 0.3) is 0 Å². The number of ether oxygens (including phenoxy) is 1. The summed E-state index contributed by atoms with van der Waals surface area (Å²) in [6.45, 7) is 11.8. The second-order valence-corrected chi connectivity index (χ2v) is 7.63. The Balaban J connectivity index is 1.75. The molecule has 0 spiro atoms. The van der Waals surface area contributed by atoms with Crippen molar-refractivity contribution in [3.8, 4) is 0 Å². The number of benzene rings is 1. The number of hydrogen-bond acceptors (Lipinski definition) is 3. The average Bonchev–Trinajstić information content (AvgIpc) is 2.45. The third kappa shape index (κ3) is 6.22. The number of likely N-dealkylation sites (tertiary alicyclic amines) is 1. The van der Waals surface area contributed by atoms with E-state index < -0.39 is 5.60 Å². The third-order valence-electron chi connectivity index (χ3n) is 4.32. The monoisotopic (exact) mass is 318 g/mol. The molecule has 1 aliphatic rings. The number of hydrogen-bond donors (Lipinski definition) is 1. The maximum Gasteiger partial charge on any atom is 0.407 e. The maximum atomic E-state index is 11.8. The highest BCUT2D eigenvalue weighted by molar-refractivity contribution is 5.67. The predicted molar refractivity (Wildman–Crippen MR) is 93.2 cm³/mol. The Bertz CT molecular complexity index is 496. The molecule has 1 heterocycles. The molecule has 1 fully saturated rings. The van der Waals surface area contributed by atoms with Crippen molar-refractivity contribution in [1.29, 1.82) is 0 Å². The Morgan fingerprint density at radius 2 is 2.00 bits per heavy atom. The quantitative estimate of drug-likeness (QED) is 0.921. The molecule has 4 nitrogen and oxygen atoms in total. The first-order chi connectivity index (χ1) is 10.8. The van der Waals surface area contributed by atoms with E-state index in [0.29, 0.717) is 18.4 Å². The molecule has 1 N–H and O–H groups in total. The van der Waals surface area contributed by atoms with Gasteiger partial charge in [0.2, 0.25) is 0 Å². The fourth-order valence-corrected chi connectivity index (χ4v) is 3.10. The van der Waals surface area contributed by atoms with Gasteiger partial charge in [-0.25, -0.2) is 4.79 Å². The highest BCUT2D eigenvalue weighted by Gasteiger charge is 2.27. The zero-order valence-electron chi connectivity index (χ0n) is 14.8. The fourth-order valence-electron chi connectivity index (χ4n) is 3.10. The van der Waals surface area contributed by atoms with E-state index in [-0.39, 0.29) is 6.09 Å². The van der Waals surface area contributed by atoms with Crippen molar-refractivity contribution in [1.82, 2.24) is 10.2 Å². The second kappa shape index (κ2) is 7.82. The Morgan fingerprint density at radius 1 is 1.30 bits per heavy atom. The first-order valence-electron chi connectivity index (χ1n) is 8.56. The molecule has 2 rings (SSSR count). The Hall–Kier alpha value is -1.55. The lowest BCUT2D eigenvalue weighted by Crippen LogP contribution is -2.44. The lowest BCUT2D eigenvalue weighted by Gasteiger charge is -2.37. The van der Waals surface area contributed by atoms with E-state index in [9.17, 15) is 4.79 Å². The largest absolute Gasteiger partial charge is 0.444 e. The molecule has 4 heteroatoms. The number of amides is 1. The Morgan fingerprint density at radius 3 is 2.61 bits per heavy atom. The number of nitrogens with one attached hydrogen (secondary N) is 1. The van der Waals surface area contributed by atoms with Crippen molar-refractivity contribution in [3.63, 3.8) is 0 Å². The van der Waals surface area contributed by atoms with Crippen LogP contribution < -0.4 is 5.32 Å². The first kappa shape index (κ1) is 17.8. The van der Waals surface area contributed by atoms with Gasteiger partial charge in [0.05, 0.1) is 0 Å². The summed E-state index contributed by atoms with van der Waals surface area (Å²) in [6.07, 6.45) is 0.806. The van der Waals surface area contributed by atoms with E-state index in [4.69, 9.17) is 4.74 Å². The summed E-state index contributed by atoms with van der Waals surface area (Å²) in [5.41, 5.74) is 0.930. The number of nitrogens with zero attached hydrogens (tertiary/aromatic N) is 1. The van der Waals surface area contributed by atoms with Crippen LogP contribution >= 0.6 is 0 Å². The lowest BCUT2D eigenvalue weighted by atomic mass is 9.86. The van der Waals surface area contributed by atoms with Crippen molar-refractivity contribution >= 4 is 6.09 Å². The molecule has 0 radical (unpaired) electrons. The number of alkyl carbamates (subject to hydrolysis) is 1. The fraction of sp³-hybridized carbons (Fsp3) is 0.632. The van der Waals surface area contributed by atoms with Gasteiger partial charge in [-0.15, -0.1) is 0 Å². The molecule has 1 unspecified atom stereocenters. The molecular weight excluding hydrogens is 288 g/mol. The summed E-state index contributed by atoms with van der Waals surface area (Å²) in [5, 5.41) is 2.92. The molecule has 1 aliphatic heterocycles. The summed E-state index contributed by atoms with van der Waals surface area (Å²) in [4.78, 5) is 14.3. The van der Waals surface area contributed by atoms with E-state index in [2.05, 4.69) is 47.5 Å². The van der Waals surface area contributed by atoms with Gasteiger partial charge in [0, 0.05) is 19.6 Å². The van der Waals surface area contributed by atoms with Crippen LogP contribution in [-0.4, -0.2) is 36.2 Å². The van der Waals surface area contributed by atoms with Crippen molar-refractivity contribution < 1.29 is 9.53 Å². The Kier molecular flexibility index (Phi) is 6.05. The van der Waals surface area contributed by atoms with Gasteiger partial charge in [-0.05, 0) is 51.1 Å². The summed E-state index contributed by atoms with van der Waals surface area (Å²) >= 11 is 0. The molecule has 23 heavy (non-hydrogen) atoms. The van der Waals surface area contributed by atoms with E-state index in [1.54, 1.807) is 0 Å². The molecule has 0 bridgehead atoms. The SMILES string of the molecule is C[C@@H]1CN(Cc2ccccc2)CCC1CNC(=O)OC(C)(C)C. The van der Waals surface area contributed by atoms with Crippen LogP contribution in [0.2, 0.25) is 0 Å². The van der Waals surface area contributed by atoms with Gasteiger partial charge in [0.25, 0.3) is 0 Å². The minimum atomic E-state index is -0.436. The van der Waals surface area contributed by atoms with E-state index in [1.807, 2.05) is 20.8 Å². The molecule has 0 aromatic heterocycles. The summed E-state index contributed by atoms with van der Waals surface area (Å²) in [5.74, 6) is 1.09. The van der Waals surface area contributed by atoms with Gasteiger partial charge in [0.1, 0.15) is 5.60 Å². The Labute approximate surface area is 140 Å². The van der Waals surface area contributed by atoms with Crippen LogP contribution in [0.1, 0.15) is 39.7 Å². The third-order valence-corrected chi connectivity index (χ3v) is 4.32. The minimum Gasteiger partial charge on any atom is -0.444 e. The number of carbonyl (C=O) groups is 1. The highest BCUT2D eigenvalue weighted by Crippen LogP contribution is 2.24. The minimum absolute atomic E-state index is 0.309. The van der Waals surface area contributed by atoms with Crippen LogP contribution in [-0.2, 0) is 11.3 Å². The molecule has 0 saturated carbocycles. The summed E-state index contributed by atoms with van der Waals surface area (Å²) in [6, 6.07) is 10.6. The van der Waals surface area contributed by atoms with Crippen molar-refractivity contribution in [3.05, 3.63) is 35.9 Å². The van der Waals surface area contributed by atoms with Gasteiger partial charge >= 0.3 is 6.09 Å². The zero-order valence-corrected chi connectivity index (χ0v) is 14.8. The van der Waals surface area contributed by atoms with E-state index in [0.717, 1.165) is 26.1 Å². The van der Waals surface area contributed by atoms with Gasteiger partial charge < -0.3 is 10.1 Å². The standard InChI is InChI=1S/C19H30N2O2/c1-15-13-21(14-16-8-6-5-7-9-16)11-10-17(15)12-20-18(22)23-19(2,3)4/h5-9,15,17H,10-14H2,1-4H3,(H,20,22)/t15-,17?/m1/s1. The van der Waals surface area contributed by atoms with Gasteiger partial charge in [0.15, 0.2) is 0 Å². The number of rotatable bonds is 4. The van der Waals surface area contributed by atoms with Crippen LogP contribution in [0.15, 0.2) is 30.3 Å². The highest BCUT2D eigenvalue weighted by atomic mass is 16.6. The average molecular weight is 318 g/mol. The molecule has 128 valence electrons. The molecule has 0 aliphatic carbocycles. The topological polar surface area (TPSA) is 41.6 Å². The van der Waals surface area contributed by atoms with Gasteiger partial charge in [-0.2, -0.15) is 0 Å². The smallest absolute Gasteiger partial charge is 0.407 e. The van der Waals surface area contributed by atoms with Crippen LogP contribution in [0.4, 0.5) is 4.79 Å². The molecule has 1 aromatic rings. The van der Waals surface area contributed by atoms with Crippen molar-refractivity contribution in [2.75, 3.05) is 19.6 Å². The molecule has 1 saturated heterocycles. The van der Waals surface area contributed by atoms with E-state index in [1.165, 1.54) is 5.56 Å². The van der Waals surface area contributed by atoms with Crippen LogP contribution in [0.5, 0.6) is 0 Å².